The predicted molar refractivity (Wildman–Crippen MR) is 66.4 cm³/mol. The van der Waals surface area contributed by atoms with Crippen LogP contribution in [0.25, 0.3) is 0 Å². The largest absolute Gasteiger partial charge is 0.478 e. The number of aromatic carboxylic acids is 1. The Kier molecular flexibility index (Phi) is 3.80. The first-order chi connectivity index (χ1) is 8.84. The monoisotopic (exact) mass is 307 g/mol. The van der Waals surface area contributed by atoms with Crippen LogP contribution in [0.1, 0.15) is 23.2 Å². The number of halogens is 2. The van der Waals surface area contributed by atoms with Crippen molar-refractivity contribution in [1.29, 1.82) is 0 Å². The fourth-order valence-electron chi connectivity index (χ4n) is 1.96. The van der Waals surface area contributed by atoms with Crippen molar-refractivity contribution in [2.24, 2.45) is 0 Å². The summed E-state index contributed by atoms with van der Waals surface area (Å²) in [5, 5.41) is 8.51. The van der Waals surface area contributed by atoms with Gasteiger partial charge >= 0.3 is 5.97 Å². The third-order valence-corrected chi connectivity index (χ3v) is 5.30. The molecule has 0 unspecified atom stereocenters. The number of nitrogens with zero attached hydrogens (tertiary/aromatic N) is 1. The molecule has 0 saturated carbocycles. The zero-order valence-corrected chi connectivity index (χ0v) is 11.3. The van der Waals surface area contributed by atoms with Crippen molar-refractivity contribution in [3.05, 3.63) is 28.5 Å². The highest BCUT2D eigenvalue weighted by Crippen LogP contribution is 2.29. The zero-order chi connectivity index (χ0) is 14.2. The summed E-state index contributed by atoms with van der Waals surface area (Å²) in [4.78, 5) is 10.5. The molecule has 1 aliphatic rings. The number of carboxylic acid groups (broad SMARTS) is 1. The van der Waals surface area contributed by atoms with Crippen LogP contribution in [0, 0.1) is 5.82 Å². The molecule has 0 amide bonds. The minimum Gasteiger partial charge on any atom is -0.478 e. The van der Waals surface area contributed by atoms with Crippen molar-refractivity contribution in [2.45, 2.75) is 17.7 Å². The summed E-state index contributed by atoms with van der Waals surface area (Å²) >= 11 is 5.73. The molecule has 0 aliphatic carbocycles. The second kappa shape index (κ2) is 5.07. The molecule has 1 aliphatic heterocycles. The molecule has 0 bridgehead atoms. The van der Waals surface area contributed by atoms with E-state index >= 15 is 0 Å². The maximum atomic E-state index is 13.4. The molecule has 0 aromatic heterocycles. The van der Waals surface area contributed by atoms with Crippen molar-refractivity contribution >= 4 is 27.6 Å². The summed E-state index contributed by atoms with van der Waals surface area (Å²) < 4.78 is 39.1. The Balaban J connectivity index is 2.55. The standard InChI is InChI=1S/C11H11ClFNO4S/c12-8-6-9(13)7(11(15)16)5-10(8)19(17,18)14-3-1-2-4-14/h5-6H,1-4H2,(H,15,16). The van der Waals surface area contributed by atoms with Crippen molar-refractivity contribution in [3.8, 4) is 0 Å². The fourth-order valence-corrected chi connectivity index (χ4v) is 3.99. The lowest BCUT2D eigenvalue weighted by molar-refractivity contribution is 0.0691. The highest BCUT2D eigenvalue weighted by Gasteiger charge is 2.30. The molecule has 8 heteroatoms. The van der Waals surface area contributed by atoms with Crippen molar-refractivity contribution in [3.63, 3.8) is 0 Å². The van der Waals surface area contributed by atoms with E-state index in [4.69, 9.17) is 16.7 Å². The molecule has 1 fully saturated rings. The average molecular weight is 308 g/mol. The first-order valence-corrected chi connectivity index (χ1v) is 7.38. The second-order valence-corrected chi connectivity index (χ2v) is 6.49. The maximum absolute atomic E-state index is 13.4. The first-order valence-electron chi connectivity index (χ1n) is 5.56. The van der Waals surface area contributed by atoms with Crippen molar-refractivity contribution in [1.82, 2.24) is 4.31 Å². The molecule has 1 aromatic carbocycles. The number of carboxylic acids is 1. The Hall–Kier alpha value is -1.18. The van der Waals surface area contributed by atoms with Gasteiger partial charge in [-0.1, -0.05) is 11.6 Å². The number of hydrogen-bond donors (Lipinski definition) is 1. The first kappa shape index (κ1) is 14.2. The molecular weight excluding hydrogens is 297 g/mol. The molecule has 0 spiro atoms. The average Bonchev–Trinajstić information content (AvgIpc) is 2.81. The molecule has 0 atom stereocenters. The van der Waals surface area contributed by atoms with Crippen LogP contribution in [0.5, 0.6) is 0 Å². The number of hydrogen-bond acceptors (Lipinski definition) is 3. The highest BCUT2D eigenvalue weighted by molar-refractivity contribution is 7.89. The second-order valence-electron chi connectivity index (χ2n) is 4.18. The molecule has 104 valence electrons. The van der Waals surface area contributed by atoms with Crippen LogP contribution in [0.4, 0.5) is 4.39 Å². The van der Waals surface area contributed by atoms with Gasteiger partial charge in [0.1, 0.15) is 10.7 Å². The summed E-state index contributed by atoms with van der Waals surface area (Å²) in [5.74, 6) is -2.59. The number of rotatable bonds is 3. The quantitative estimate of drug-likeness (QED) is 0.926. The van der Waals surface area contributed by atoms with Crippen LogP contribution in [-0.4, -0.2) is 36.9 Å². The zero-order valence-electron chi connectivity index (χ0n) is 9.77. The molecule has 1 heterocycles. The van der Waals surface area contributed by atoms with Crippen LogP contribution in [0.15, 0.2) is 17.0 Å². The van der Waals surface area contributed by atoms with E-state index < -0.39 is 27.4 Å². The summed E-state index contributed by atoms with van der Waals surface area (Å²) in [6.07, 6.45) is 1.48. The minimum atomic E-state index is -3.87. The molecule has 1 saturated heterocycles. The molecule has 2 rings (SSSR count). The van der Waals surface area contributed by atoms with Crippen LogP contribution in [0.2, 0.25) is 5.02 Å². The van der Waals surface area contributed by atoms with Gasteiger partial charge in [-0.05, 0) is 25.0 Å². The van der Waals surface area contributed by atoms with Crippen molar-refractivity contribution < 1.29 is 22.7 Å². The van der Waals surface area contributed by atoms with Gasteiger partial charge in [0.15, 0.2) is 0 Å². The van der Waals surface area contributed by atoms with E-state index in [1.54, 1.807) is 0 Å². The third kappa shape index (κ3) is 2.58. The Labute approximate surface area is 114 Å². The van der Waals surface area contributed by atoms with Gasteiger partial charge in [0.25, 0.3) is 0 Å². The predicted octanol–water partition coefficient (Wildman–Crippen LogP) is 1.96. The molecule has 5 nitrogen and oxygen atoms in total. The number of carbonyl (C=O) groups is 1. The molecule has 0 radical (unpaired) electrons. The number of sulfonamides is 1. The lowest BCUT2D eigenvalue weighted by atomic mass is 10.2. The van der Waals surface area contributed by atoms with Gasteiger partial charge in [-0.15, -0.1) is 0 Å². The Morgan fingerprint density at radius 1 is 1.32 bits per heavy atom. The lowest BCUT2D eigenvalue weighted by Crippen LogP contribution is -2.28. The van der Waals surface area contributed by atoms with E-state index in [0.717, 1.165) is 18.9 Å². The van der Waals surface area contributed by atoms with Gasteiger partial charge in [-0.25, -0.2) is 17.6 Å². The Bertz CT molecular complexity index is 626. The van der Waals surface area contributed by atoms with E-state index in [1.165, 1.54) is 4.31 Å². The van der Waals surface area contributed by atoms with Crippen LogP contribution >= 0.6 is 11.6 Å². The lowest BCUT2D eigenvalue weighted by Gasteiger charge is -2.16. The van der Waals surface area contributed by atoms with E-state index in [-0.39, 0.29) is 9.92 Å². The van der Waals surface area contributed by atoms with Crippen LogP contribution < -0.4 is 0 Å². The molecule has 19 heavy (non-hydrogen) atoms. The van der Waals surface area contributed by atoms with Gasteiger partial charge in [-0.2, -0.15) is 4.31 Å². The third-order valence-electron chi connectivity index (χ3n) is 2.93. The summed E-state index contributed by atoms with van der Waals surface area (Å²) in [7, 11) is -3.87. The normalized spacial score (nSPS) is 16.7. The summed E-state index contributed by atoms with van der Waals surface area (Å²) in [6, 6.07) is 1.49. The molecule has 1 aromatic rings. The van der Waals surface area contributed by atoms with Gasteiger partial charge in [0.2, 0.25) is 10.0 Å². The SMILES string of the molecule is O=C(O)c1cc(S(=O)(=O)N2CCCC2)c(Cl)cc1F. The van der Waals surface area contributed by atoms with Gasteiger partial charge in [0, 0.05) is 13.1 Å². The van der Waals surface area contributed by atoms with E-state index in [0.29, 0.717) is 19.2 Å². The number of benzene rings is 1. The van der Waals surface area contributed by atoms with Crippen LogP contribution in [-0.2, 0) is 10.0 Å². The Morgan fingerprint density at radius 3 is 2.42 bits per heavy atom. The van der Waals surface area contributed by atoms with Crippen LogP contribution in [0.3, 0.4) is 0 Å². The van der Waals surface area contributed by atoms with Crippen molar-refractivity contribution in [2.75, 3.05) is 13.1 Å². The molecule has 1 N–H and O–H groups in total. The fraction of sp³-hybridized carbons (Fsp3) is 0.364. The van der Waals surface area contributed by atoms with Gasteiger partial charge < -0.3 is 5.11 Å². The smallest absolute Gasteiger partial charge is 0.338 e. The Morgan fingerprint density at radius 2 is 1.89 bits per heavy atom. The minimum absolute atomic E-state index is 0.311. The van der Waals surface area contributed by atoms with E-state index in [9.17, 15) is 17.6 Å². The van der Waals surface area contributed by atoms with Gasteiger partial charge in [-0.3, -0.25) is 0 Å². The summed E-state index contributed by atoms with van der Waals surface area (Å²) in [6.45, 7) is 0.719. The molecular formula is C11H11ClFNO4S. The van der Waals surface area contributed by atoms with E-state index in [2.05, 4.69) is 0 Å². The maximum Gasteiger partial charge on any atom is 0.338 e. The summed E-state index contributed by atoms with van der Waals surface area (Å²) in [5.41, 5.74) is -0.706. The van der Waals surface area contributed by atoms with Gasteiger partial charge in [0.05, 0.1) is 10.6 Å². The highest BCUT2D eigenvalue weighted by atomic mass is 35.5. The topological polar surface area (TPSA) is 74.7 Å². The van der Waals surface area contributed by atoms with E-state index in [1.807, 2.05) is 0 Å².